The van der Waals surface area contributed by atoms with Crippen molar-refractivity contribution in [3.8, 4) is 17.2 Å². The zero-order chi connectivity index (χ0) is 24.6. The lowest BCUT2D eigenvalue weighted by atomic mass is 9.71. The van der Waals surface area contributed by atoms with Gasteiger partial charge in [-0.1, -0.05) is 31.1 Å². The fourth-order valence-electron chi connectivity index (χ4n) is 4.70. The van der Waals surface area contributed by atoms with Crippen LogP contribution in [-0.2, 0) is 0 Å². The van der Waals surface area contributed by atoms with E-state index in [1.54, 1.807) is 7.11 Å². The van der Waals surface area contributed by atoms with Crippen molar-refractivity contribution in [2.45, 2.75) is 52.4 Å². The monoisotopic (exact) mass is 491 g/mol. The Morgan fingerprint density at radius 3 is 2.57 bits per heavy atom. The molecule has 0 bridgehead atoms. The van der Waals surface area contributed by atoms with Gasteiger partial charge in [-0.2, -0.15) is 5.21 Å². The number of nitrogens with zero attached hydrogens (tertiary/aromatic N) is 3. The summed E-state index contributed by atoms with van der Waals surface area (Å²) >= 11 is 1.35. The molecular formula is C26H29N5O3S. The van der Waals surface area contributed by atoms with Crippen LogP contribution in [-0.4, -0.2) is 33.6 Å². The summed E-state index contributed by atoms with van der Waals surface area (Å²) in [7, 11) is 1.63. The molecule has 1 saturated carbocycles. The van der Waals surface area contributed by atoms with Crippen LogP contribution in [0.5, 0.6) is 17.2 Å². The van der Waals surface area contributed by atoms with E-state index in [9.17, 15) is 4.79 Å². The fraction of sp³-hybridized carbons (Fsp3) is 0.385. The topological polar surface area (TPSA) is 102 Å². The number of aryl methyl sites for hydroxylation is 1. The molecule has 9 heteroatoms. The van der Waals surface area contributed by atoms with Crippen LogP contribution in [0, 0.1) is 12.3 Å². The summed E-state index contributed by atoms with van der Waals surface area (Å²) in [5, 5.41) is 17.0. The third-order valence-electron chi connectivity index (χ3n) is 6.85. The van der Waals surface area contributed by atoms with Gasteiger partial charge in [-0.05, 0) is 84.5 Å². The molecule has 5 rings (SSSR count). The van der Waals surface area contributed by atoms with Crippen LogP contribution in [0.1, 0.15) is 66.2 Å². The van der Waals surface area contributed by atoms with Crippen molar-refractivity contribution in [3.63, 3.8) is 0 Å². The molecule has 1 aliphatic rings. The quantitative estimate of drug-likeness (QED) is 0.321. The third-order valence-corrected chi connectivity index (χ3v) is 7.98. The van der Waals surface area contributed by atoms with Gasteiger partial charge in [-0.15, -0.1) is 16.4 Å². The second-order valence-corrected chi connectivity index (χ2v) is 10.9. The number of aromatic amines is 1. The maximum atomic E-state index is 13.1. The molecule has 2 N–H and O–H groups in total. The number of thiophene rings is 1. The number of methoxy groups -OCH3 is 1. The van der Waals surface area contributed by atoms with Crippen molar-refractivity contribution >= 4 is 33.3 Å². The second-order valence-electron chi connectivity index (χ2n) is 9.88. The number of H-pyrrole nitrogens is 1. The Hall–Kier alpha value is -3.46. The Bertz CT molecular complexity index is 1340. The van der Waals surface area contributed by atoms with Gasteiger partial charge in [0.2, 0.25) is 0 Å². The van der Waals surface area contributed by atoms with Gasteiger partial charge in [-0.3, -0.25) is 10.1 Å². The number of carbonyl (C=O) groups excluding carboxylic acids is 1. The highest BCUT2D eigenvalue weighted by Crippen LogP contribution is 2.45. The molecule has 8 nitrogen and oxygen atoms in total. The highest BCUT2D eigenvalue weighted by Gasteiger charge is 2.28. The van der Waals surface area contributed by atoms with E-state index in [1.807, 2.05) is 31.2 Å². The molecule has 0 saturated heterocycles. The molecule has 0 radical (unpaired) electrons. The molecule has 1 fully saturated rings. The molecule has 4 aromatic rings. The summed E-state index contributed by atoms with van der Waals surface area (Å²) in [4.78, 5) is 13.5. The summed E-state index contributed by atoms with van der Waals surface area (Å²) in [5.74, 6) is 2.23. The number of benzene rings is 2. The first-order chi connectivity index (χ1) is 16.8. The number of nitrogens with one attached hydrogen (secondary N) is 2. The predicted octanol–water partition coefficient (Wildman–Crippen LogP) is 6.46. The van der Waals surface area contributed by atoms with E-state index in [2.05, 4.69) is 51.9 Å². The van der Waals surface area contributed by atoms with E-state index in [-0.39, 0.29) is 11.9 Å². The smallest absolute Gasteiger partial charge is 0.272 e. The summed E-state index contributed by atoms with van der Waals surface area (Å²) < 4.78 is 12.8. The zero-order valence-corrected chi connectivity index (χ0v) is 21.2. The number of anilines is 1. The molecule has 182 valence electrons. The molecule has 0 aliphatic heterocycles. The average molecular weight is 492 g/mol. The lowest BCUT2D eigenvalue weighted by molar-refractivity contribution is 0.102. The van der Waals surface area contributed by atoms with Crippen LogP contribution in [0.4, 0.5) is 5.95 Å². The number of rotatable bonds is 6. The van der Waals surface area contributed by atoms with Crippen molar-refractivity contribution in [1.29, 1.82) is 0 Å². The minimum Gasteiger partial charge on any atom is -0.496 e. The number of ether oxygens (including phenoxy) is 2. The van der Waals surface area contributed by atoms with E-state index in [0.717, 1.165) is 21.4 Å². The van der Waals surface area contributed by atoms with Gasteiger partial charge in [0, 0.05) is 10.1 Å². The van der Waals surface area contributed by atoms with E-state index >= 15 is 0 Å². The maximum absolute atomic E-state index is 13.1. The molecule has 2 aromatic heterocycles. The molecule has 1 amide bonds. The highest BCUT2D eigenvalue weighted by atomic mass is 32.1. The van der Waals surface area contributed by atoms with Crippen molar-refractivity contribution in [3.05, 3.63) is 52.4 Å². The zero-order valence-electron chi connectivity index (χ0n) is 20.3. The lowest BCUT2D eigenvalue weighted by Crippen LogP contribution is -2.20. The summed E-state index contributed by atoms with van der Waals surface area (Å²) in [5.41, 5.74) is 2.77. The van der Waals surface area contributed by atoms with Crippen LogP contribution in [0.15, 0.2) is 36.4 Å². The minimum atomic E-state index is -0.360. The van der Waals surface area contributed by atoms with Crippen LogP contribution in [0.25, 0.3) is 10.1 Å². The van der Waals surface area contributed by atoms with Crippen LogP contribution in [0.3, 0.4) is 0 Å². The van der Waals surface area contributed by atoms with Gasteiger partial charge in [0.05, 0.1) is 7.11 Å². The van der Waals surface area contributed by atoms with Gasteiger partial charge in [0.1, 0.15) is 16.4 Å². The van der Waals surface area contributed by atoms with Gasteiger partial charge in [-0.25, -0.2) is 0 Å². The van der Waals surface area contributed by atoms with E-state index < -0.39 is 0 Å². The Balaban J connectivity index is 1.45. The number of hydrogen-bond donors (Lipinski definition) is 2. The predicted molar refractivity (Wildman–Crippen MR) is 137 cm³/mol. The normalized spacial score (nSPS) is 15.8. The standard InChI is InChI=1S/C26H29N5O3S/c1-15-13-21-19(14-20(15)33-4)22(23(35-21)24(32)27-25-28-30-31-29-25)34-18-7-5-16(6-8-18)17-9-11-26(2,3)12-10-17/h5-8,13-14,17H,9-12H2,1-4H3,(H2,27,28,29,30,31,32). The Morgan fingerprint density at radius 2 is 1.91 bits per heavy atom. The largest absolute Gasteiger partial charge is 0.496 e. The van der Waals surface area contributed by atoms with Crippen molar-refractivity contribution in [2.24, 2.45) is 5.41 Å². The number of fused-ring (bicyclic) bond motifs is 1. The van der Waals surface area contributed by atoms with Gasteiger partial charge in [0.25, 0.3) is 11.9 Å². The molecule has 2 aromatic carbocycles. The first kappa shape index (κ1) is 23.3. The van der Waals surface area contributed by atoms with Crippen LogP contribution < -0.4 is 14.8 Å². The number of tetrazole rings is 1. The first-order valence-electron chi connectivity index (χ1n) is 11.8. The fourth-order valence-corrected chi connectivity index (χ4v) is 5.81. The van der Waals surface area contributed by atoms with Crippen LogP contribution >= 0.6 is 11.3 Å². The third kappa shape index (κ3) is 4.86. The van der Waals surface area contributed by atoms with Crippen molar-refractivity contribution in [2.75, 3.05) is 12.4 Å². The number of aromatic nitrogens is 4. The van der Waals surface area contributed by atoms with E-state index in [1.165, 1.54) is 42.6 Å². The van der Waals surface area contributed by atoms with Crippen molar-refractivity contribution in [1.82, 2.24) is 20.6 Å². The number of carbonyl (C=O) groups is 1. The summed E-state index contributed by atoms with van der Waals surface area (Å²) in [6, 6.07) is 12.2. The maximum Gasteiger partial charge on any atom is 0.272 e. The van der Waals surface area contributed by atoms with Gasteiger partial charge >= 0.3 is 0 Å². The molecule has 0 atom stereocenters. The molecular weight excluding hydrogens is 462 g/mol. The van der Waals surface area contributed by atoms with E-state index in [0.29, 0.717) is 27.7 Å². The van der Waals surface area contributed by atoms with E-state index in [4.69, 9.17) is 9.47 Å². The summed E-state index contributed by atoms with van der Waals surface area (Å²) in [6.07, 6.45) is 4.91. The van der Waals surface area contributed by atoms with Crippen molar-refractivity contribution < 1.29 is 14.3 Å². The molecule has 0 unspecified atom stereocenters. The summed E-state index contributed by atoms with van der Waals surface area (Å²) in [6.45, 7) is 6.69. The van der Waals surface area contributed by atoms with Crippen LogP contribution in [0.2, 0.25) is 0 Å². The second kappa shape index (κ2) is 9.30. The van der Waals surface area contributed by atoms with Gasteiger partial charge < -0.3 is 9.47 Å². The first-order valence-corrected chi connectivity index (χ1v) is 12.6. The molecule has 35 heavy (non-hydrogen) atoms. The molecule has 2 heterocycles. The Kier molecular flexibility index (Phi) is 6.19. The molecule has 1 aliphatic carbocycles. The minimum absolute atomic E-state index is 0.104. The molecule has 0 spiro atoms. The number of amides is 1. The SMILES string of the molecule is COc1cc2c(Oc3ccc(C4CCC(C)(C)CC4)cc3)c(C(=O)Nc3nn[nH]n3)sc2cc1C. The lowest BCUT2D eigenvalue weighted by Gasteiger charge is -2.34. The van der Waals surface area contributed by atoms with Gasteiger partial charge in [0.15, 0.2) is 5.75 Å². The Morgan fingerprint density at radius 1 is 1.17 bits per heavy atom. The number of hydrogen-bond acceptors (Lipinski definition) is 7. The Labute approximate surface area is 208 Å². The average Bonchev–Trinajstić information content (AvgIpc) is 3.47. The highest BCUT2D eigenvalue weighted by molar-refractivity contribution is 7.21.